The number of aromatic nitrogens is 1. The molecule has 1 aromatic heterocycles. The van der Waals surface area contributed by atoms with Crippen molar-refractivity contribution in [2.75, 3.05) is 26.4 Å². The maximum Gasteiger partial charge on any atom is 0.254 e. The molecule has 1 unspecified atom stereocenters. The number of hydrogen-bond donors (Lipinski definition) is 0. The summed E-state index contributed by atoms with van der Waals surface area (Å²) in [4.78, 5) is 12.7. The van der Waals surface area contributed by atoms with Gasteiger partial charge in [0.15, 0.2) is 0 Å². The van der Waals surface area contributed by atoms with Gasteiger partial charge in [-0.1, -0.05) is 17.9 Å². The van der Waals surface area contributed by atoms with Crippen LogP contribution in [0.2, 0.25) is 0 Å². The third-order valence-corrected chi connectivity index (χ3v) is 5.30. The van der Waals surface area contributed by atoms with Crippen molar-refractivity contribution < 1.29 is 14.2 Å². The molecule has 1 aliphatic heterocycles. The summed E-state index contributed by atoms with van der Waals surface area (Å²) in [6, 6.07) is 9.66. The summed E-state index contributed by atoms with van der Waals surface area (Å²) in [5.74, 6) is 7.71. The molecule has 29 heavy (non-hydrogen) atoms. The zero-order valence-corrected chi connectivity index (χ0v) is 17.1. The van der Waals surface area contributed by atoms with Crippen LogP contribution < -0.4 is 10.3 Å². The molecule has 0 spiro atoms. The van der Waals surface area contributed by atoms with Gasteiger partial charge in [-0.05, 0) is 56.0 Å². The molecule has 4 rings (SSSR count). The number of ether oxygens (including phenoxy) is 3. The molecule has 2 fully saturated rings. The quantitative estimate of drug-likeness (QED) is 0.733. The molecule has 0 N–H and O–H groups in total. The number of hydrogen-bond acceptors (Lipinski definition) is 4. The zero-order valence-electron chi connectivity index (χ0n) is 17.1. The summed E-state index contributed by atoms with van der Waals surface area (Å²) >= 11 is 0. The largest absolute Gasteiger partial charge is 0.491 e. The Labute approximate surface area is 171 Å². The number of benzene rings is 1. The van der Waals surface area contributed by atoms with Gasteiger partial charge in [0.1, 0.15) is 18.5 Å². The van der Waals surface area contributed by atoms with Crippen molar-refractivity contribution in [1.29, 1.82) is 0 Å². The molecule has 0 bridgehead atoms. The minimum absolute atomic E-state index is 0.0715. The van der Waals surface area contributed by atoms with E-state index < -0.39 is 0 Å². The lowest BCUT2D eigenvalue weighted by Crippen LogP contribution is -2.33. The third-order valence-electron chi connectivity index (χ3n) is 5.30. The summed E-state index contributed by atoms with van der Waals surface area (Å²) in [7, 11) is 0. The Bertz CT molecular complexity index is 988. The second-order valence-electron chi connectivity index (χ2n) is 7.82. The Morgan fingerprint density at radius 2 is 2.03 bits per heavy atom. The van der Waals surface area contributed by atoms with Crippen LogP contribution in [0.5, 0.6) is 5.75 Å². The van der Waals surface area contributed by atoms with Gasteiger partial charge < -0.3 is 18.8 Å². The minimum Gasteiger partial charge on any atom is -0.491 e. The number of nitrogens with zero attached hydrogens (tertiary/aromatic N) is 1. The highest BCUT2D eigenvalue weighted by Gasteiger charge is 2.18. The molecule has 2 heterocycles. The lowest BCUT2D eigenvalue weighted by atomic mass is 10.0. The van der Waals surface area contributed by atoms with Gasteiger partial charge in [-0.2, -0.15) is 0 Å². The molecule has 0 radical (unpaired) electrons. The molecule has 1 saturated carbocycles. The van der Waals surface area contributed by atoms with Crippen LogP contribution in [-0.2, 0) is 16.0 Å². The SMILES string of the molecule is Cc1cc(C#CC2CC2)ccc1Cn1c(C)cc(OCC2COCCO2)cc1=O. The molecule has 2 aromatic rings. The van der Waals surface area contributed by atoms with E-state index >= 15 is 0 Å². The van der Waals surface area contributed by atoms with Crippen LogP contribution >= 0.6 is 0 Å². The van der Waals surface area contributed by atoms with E-state index in [1.807, 2.05) is 19.1 Å². The first-order valence-corrected chi connectivity index (χ1v) is 10.2. The summed E-state index contributed by atoms with van der Waals surface area (Å²) < 4.78 is 18.5. The van der Waals surface area contributed by atoms with Crippen LogP contribution in [0.4, 0.5) is 0 Å². The second kappa shape index (κ2) is 8.86. The van der Waals surface area contributed by atoms with Crippen LogP contribution in [0.15, 0.2) is 35.1 Å². The monoisotopic (exact) mass is 393 g/mol. The summed E-state index contributed by atoms with van der Waals surface area (Å²) in [6.07, 6.45) is 2.37. The van der Waals surface area contributed by atoms with Crippen LogP contribution in [0.1, 0.15) is 35.2 Å². The molecule has 1 aliphatic carbocycles. The first-order valence-electron chi connectivity index (χ1n) is 10.2. The molecule has 1 aromatic carbocycles. The summed E-state index contributed by atoms with van der Waals surface area (Å²) in [6.45, 7) is 6.65. The Morgan fingerprint density at radius 3 is 2.72 bits per heavy atom. The van der Waals surface area contributed by atoms with E-state index in [-0.39, 0.29) is 11.7 Å². The molecule has 0 amide bonds. The predicted octanol–water partition coefficient (Wildman–Crippen LogP) is 3.07. The Morgan fingerprint density at radius 1 is 1.17 bits per heavy atom. The average Bonchev–Trinajstić information content (AvgIpc) is 3.54. The highest BCUT2D eigenvalue weighted by molar-refractivity contribution is 5.41. The number of rotatable bonds is 5. The fourth-order valence-electron chi connectivity index (χ4n) is 3.34. The van der Waals surface area contributed by atoms with Crippen LogP contribution in [0, 0.1) is 31.6 Å². The van der Waals surface area contributed by atoms with Crippen molar-refractivity contribution in [2.24, 2.45) is 5.92 Å². The number of pyridine rings is 1. The van der Waals surface area contributed by atoms with Crippen LogP contribution in [-0.4, -0.2) is 37.1 Å². The van der Waals surface area contributed by atoms with E-state index in [1.165, 1.54) is 12.8 Å². The van der Waals surface area contributed by atoms with Crippen molar-refractivity contribution >= 4 is 0 Å². The molecule has 1 atom stereocenters. The Hall–Kier alpha value is -2.55. The van der Waals surface area contributed by atoms with Crippen molar-refractivity contribution in [2.45, 2.75) is 39.3 Å². The van der Waals surface area contributed by atoms with Crippen molar-refractivity contribution in [3.63, 3.8) is 0 Å². The zero-order chi connectivity index (χ0) is 20.2. The fraction of sp³-hybridized carbons (Fsp3) is 0.458. The third kappa shape index (κ3) is 5.29. The topological polar surface area (TPSA) is 49.7 Å². The standard InChI is InChI=1S/C24H27NO4/c1-17-11-20(6-5-19-3-4-19)7-8-21(17)14-25-18(2)12-22(13-24(25)26)29-16-23-15-27-9-10-28-23/h7-8,11-13,19,23H,3-4,9-10,14-16H2,1-2H3. The van der Waals surface area contributed by atoms with Gasteiger partial charge in [0.05, 0.1) is 26.4 Å². The fourth-order valence-corrected chi connectivity index (χ4v) is 3.34. The van der Waals surface area contributed by atoms with E-state index in [9.17, 15) is 4.79 Å². The Balaban J connectivity index is 1.44. The van der Waals surface area contributed by atoms with Crippen molar-refractivity contribution in [1.82, 2.24) is 4.57 Å². The van der Waals surface area contributed by atoms with E-state index in [4.69, 9.17) is 14.2 Å². The predicted molar refractivity (Wildman–Crippen MR) is 111 cm³/mol. The Kier molecular flexibility index (Phi) is 6.03. The molecular weight excluding hydrogens is 366 g/mol. The molecule has 5 heteroatoms. The van der Waals surface area contributed by atoms with E-state index in [0.717, 1.165) is 22.4 Å². The van der Waals surface area contributed by atoms with Gasteiger partial charge in [0.2, 0.25) is 0 Å². The maximum atomic E-state index is 12.7. The molecule has 2 aliphatic rings. The minimum atomic E-state index is -0.0873. The van der Waals surface area contributed by atoms with Gasteiger partial charge in [-0.25, -0.2) is 0 Å². The van der Waals surface area contributed by atoms with Crippen LogP contribution in [0.25, 0.3) is 0 Å². The lowest BCUT2D eigenvalue weighted by Gasteiger charge is -2.23. The smallest absolute Gasteiger partial charge is 0.254 e. The van der Waals surface area contributed by atoms with Crippen molar-refractivity contribution in [3.8, 4) is 17.6 Å². The lowest BCUT2D eigenvalue weighted by molar-refractivity contribution is -0.101. The highest BCUT2D eigenvalue weighted by atomic mass is 16.6. The van der Waals surface area contributed by atoms with E-state index in [0.29, 0.717) is 44.6 Å². The van der Waals surface area contributed by atoms with Crippen LogP contribution in [0.3, 0.4) is 0 Å². The highest BCUT2D eigenvalue weighted by Crippen LogP contribution is 2.27. The van der Waals surface area contributed by atoms with Crippen molar-refractivity contribution in [3.05, 3.63) is 63.1 Å². The van der Waals surface area contributed by atoms with Gasteiger partial charge in [-0.15, -0.1) is 0 Å². The maximum absolute atomic E-state index is 12.7. The number of aryl methyl sites for hydroxylation is 2. The molecular formula is C24H27NO4. The second-order valence-corrected chi connectivity index (χ2v) is 7.82. The molecule has 152 valence electrons. The first-order chi connectivity index (χ1) is 14.1. The van der Waals surface area contributed by atoms with E-state index in [1.54, 1.807) is 10.6 Å². The molecule has 1 saturated heterocycles. The average molecular weight is 393 g/mol. The van der Waals surface area contributed by atoms with Gasteiger partial charge in [0, 0.05) is 23.2 Å². The first kappa shape index (κ1) is 19.8. The molecule has 5 nitrogen and oxygen atoms in total. The van der Waals surface area contributed by atoms with Gasteiger partial charge >= 0.3 is 0 Å². The summed E-state index contributed by atoms with van der Waals surface area (Å²) in [5.41, 5.74) is 4.10. The normalized spacial score (nSPS) is 18.8. The van der Waals surface area contributed by atoms with Gasteiger partial charge in [-0.3, -0.25) is 4.79 Å². The van der Waals surface area contributed by atoms with Gasteiger partial charge in [0.25, 0.3) is 5.56 Å². The van der Waals surface area contributed by atoms with E-state index in [2.05, 4.69) is 30.9 Å². The summed E-state index contributed by atoms with van der Waals surface area (Å²) in [5, 5.41) is 0.